The van der Waals surface area contributed by atoms with E-state index < -0.39 is 5.82 Å². The van der Waals surface area contributed by atoms with Gasteiger partial charge in [-0.05, 0) is 48.7 Å². The minimum Gasteiger partial charge on any atom is -0.392 e. The zero-order valence-corrected chi connectivity index (χ0v) is 17.5. The van der Waals surface area contributed by atoms with E-state index in [0.29, 0.717) is 28.3 Å². The molecular formula is C23H20FN7O. The largest absolute Gasteiger partial charge is 0.392 e. The first-order valence-corrected chi connectivity index (χ1v) is 10.0. The molecule has 8 nitrogen and oxygen atoms in total. The van der Waals surface area contributed by atoms with Crippen LogP contribution in [0.5, 0.6) is 0 Å². The molecule has 0 aliphatic rings. The quantitative estimate of drug-likeness (QED) is 0.387. The summed E-state index contributed by atoms with van der Waals surface area (Å²) in [7, 11) is 0. The van der Waals surface area contributed by atoms with Crippen molar-refractivity contribution in [2.24, 2.45) is 0 Å². The number of rotatable bonds is 5. The molecule has 1 aromatic carbocycles. The summed E-state index contributed by atoms with van der Waals surface area (Å²) in [5.41, 5.74) is 6.24. The second-order valence-corrected chi connectivity index (χ2v) is 7.46. The standard InChI is InChI=1S/C23H20FN7O/c1-13-14(2)25-7-5-20(13)28-23-29-22-21(18-4-3-15(12-32)9-19(18)24)17(6-8-31(22)30-23)16-10-26-27-11-16/h3-11,32H,12H2,1-2H3,(H,26,27)(H,25,28,30). The summed E-state index contributed by atoms with van der Waals surface area (Å²) in [6.07, 6.45) is 6.92. The molecule has 160 valence electrons. The molecule has 0 fully saturated rings. The Hall–Kier alpha value is -4.11. The van der Waals surface area contributed by atoms with Gasteiger partial charge in [0.15, 0.2) is 5.65 Å². The number of nitrogens with one attached hydrogen (secondary N) is 2. The smallest absolute Gasteiger partial charge is 0.247 e. The van der Waals surface area contributed by atoms with Gasteiger partial charge in [0.05, 0.1) is 12.8 Å². The molecule has 0 aliphatic carbocycles. The normalized spacial score (nSPS) is 11.2. The van der Waals surface area contributed by atoms with Crippen LogP contribution in [0.15, 0.2) is 55.1 Å². The van der Waals surface area contributed by atoms with Gasteiger partial charge in [0.25, 0.3) is 0 Å². The minimum atomic E-state index is -0.451. The van der Waals surface area contributed by atoms with Gasteiger partial charge in [-0.2, -0.15) is 10.1 Å². The van der Waals surface area contributed by atoms with Crippen molar-refractivity contribution in [2.75, 3.05) is 5.32 Å². The van der Waals surface area contributed by atoms with Crippen LogP contribution in [0, 0.1) is 19.7 Å². The van der Waals surface area contributed by atoms with E-state index in [2.05, 4.69) is 30.6 Å². The fourth-order valence-corrected chi connectivity index (χ4v) is 3.66. The molecule has 5 rings (SSSR count). The molecule has 0 saturated heterocycles. The molecule has 9 heteroatoms. The van der Waals surface area contributed by atoms with Gasteiger partial charge in [-0.3, -0.25) is 10.1 Å². The van der Waals surface area contributed by atoms with Gasteiger partial charge in [0.1, 0.15) is 5.82 Å². The van der Waals surface area contributed by atoms with Gasteiger partial charge in [0, 0.05) is 46.7 Å². The number of aliphatic hydroxyl groups excluding tert-OH is 1. The Balaban J connectivity index is 1.70. The number of aryl methyl sites for hydroxylation is 1. The number of benzene rings is 1. The number of aromatic nitrogens is 6. The fourth-order valence-electron chi connectivity index (χ4n) is 3.66. The number of anilines is 2. The van der Waals surface area contributed by atoms with Crippen molar-refractivity contribution in [3.05, 3.63) is 77.8 Å². The predicted octanol–water partition coefficient (Wildman–Crippen LogP) is 4.17. The summed E-state index contributed by atoms with van der Waals surface area (Å²) in [5.74, 6) is -0.0656. The van der Waals surface area contributed by atoms with Gasteiger partial charge < -0.3 is 10.4 Å². The first kappa shape index (κ1) is 19.8. The van der Waals surface area contributed by atoms with Gasteiger partial charge in [-0.1, -0.05) is 12.1 Å². The Labute approximate surface area is 182 Å². The molecule has 0 radical (unpaired) electrons. The van der Waals surface area contributed by atoms with Crippen LogP contribution in [0.2, 0.25) is 0 Å². The zero-order valence-electron chi connectivity index (χ0n) is 17.5. The second kappa shape index (κ2) is 7.86. The molecule has 4 heterocycles. The van der Waals surface area contributed by atoms with Gasteiger partial charge >= 0.3 is 0 Å². The van der Waals surface area contributed by atoms with Crippen LogP contribution in [-0.4, -0.2) is 34.9 Å². The third-order valence-electron chi connectivity index (χ3n) is 5.50. The lowest BCUT2D eigenvalue weighted by molar-refractivity contribution is 0.281. The van der Waals surface area contributed by atoms with Crippen LogP contribution in [0.4, 0.5) is 16.0 Å². The van der Waals surface area contributed by atoms with E-state index in [-0.39, 0.29) is 6.61 Å². The van der Waals surface area contributed by atoms with Crippen LogP contribution in [-0.2, 0) is 6.61 Å². The van der Waals surface area contributed by atoms with Crippen LogP contribution in [0.25, 0.3) is 27.9 Å². The molecule has 3 N–H and O–H groups in total. The van der Waals surface area contributed by atoms with Crippen LogP contribution >= 0.6 is 0 Å². The molecule has 0 bridgehead atoms. The molecule has 0 atom stereocenters. The van der Waals surface area contributed by atoms with Crippen molar-refractivity contribution in [1.82, 2.24) is 29.8 Å². The minimum absolute atomic E-state index is 0.236. The summed E-state index contributed by atoms with van der Waals surface area (Å²) in [6, 6.07) is 8.39. The number of nitrogens with zero attached hydrogens (tertiary/aromatic N) is 5. The van der Waals surface area contributed by atoms with Crippen molar-refractivity contribution < 1.29 is 9.50 Å². The molecule has 32 heavy (non-hydrogen) atoms. The first-order chi connectivity index (χ1) is 15.5. The average Bonchev–Trinajstić information content (AvgIpc) is 3.46. The lowest BCUT2D eigenvalue weighted by Crippen LogP contribution is -1.98. The van der Waals surface area contributed by atoms with Gasteiger partial charge in [-0.15, -0.1) is 5.10 Å². The number of fused-ring (bicyclic) bond motifs is 1. The number of halogens is 1. The van der Waals surface area contributed by atoms with Gasteiger partial charge in [-0.25, -0.2) is 8.91 Å². The highest BCUT2D eigenvalue weighted by Gasteiger charge is 2.20. The topological polar surface area (TPSA) is 104 Å². The maximum atomic E-state index is 15.1. The number of pyridine rings is 2. The highest BCUT2D eigenvalue weighted by Crippen LogP contribution is 2.37. The van der Waals surface area contributed by atoms with Crippen molar-refractivity contribution in [2.45, 2.75) is 20.5 Å². The maximum absolute atomic E-state index is 15.1. The Kier molecular flexibility index (Phi) is 4.87. The highest BCUT2D eigenvalue weighted by molar-refractivity contribution is 5.92. The molecule has 0 aliphatic heterocycles. The summed E-state index contributed by atoms with van der Waals surface area (Å²) in [4.78, 5) is 8.97. The van der Waals surface area contributed by atoms with E-state index in [1.165, 1.54) is 6.07 Å². The number of H-pyrrole nitrogens is 1. The van der Waals surface area contributed by atoms with Crippen molar-refractivity contribution >= 4 is 17.3 Å². The van der Waals surface area contributed by atoms with E-state index in [0.717, 1.165) is 28.1 Å². The van der Waals surface area contributed by atoms with E-state index in [9.17, 15) is 5.11 Å². The van der Waals surface area contributed by atoms with Crippen LogP contribution < -0.4 is 5.32 Å². The average molecular weight is 429 g/mol. The summed E-state index contributed by atoms with van der Waals surface area (Å²) >= 11 is 0. The summed E-state index contributed by atoms with van der Waals surface area (Å²) in [6.45, 7) is 3.67. The Bertz CT molecular complexity index is 1430. The summed E-state index contributed by atoms with van der Waals surface area (Å²) < 4.78 is 16.7. The Morgan fingerprint density at radius 3 is 2.78 bits per heavy atom. The number of hydrogen-bond donors (Lipinski definition) is 3. The van der Waals surface area contributed by atoms with Crippen molar-refractivity contribution in [1.29, 1.82) is 0 Å². The van der Waals surface area contributed by atoms with Crippen LogP contribution in [0.1, 0.15) is 16.8 Å². The number of aromatic amines is 1. The van der Waals surface area contributed by atoms with E-state index >= 15 is 4.39 Å². The SMILES string of the molecule is Cc1nccc(Nc2nc3c(-c4ccc(CO)cc4F)c(-c4cn[nH]c4)ccn3n2)c1C. The number of hydrogen-bond acceptors (Lipinski definition) is 6. The number of aliphatic hydroxyl groups is 1. The van der Waals surface area contributed by atoms with Crippen molar-refractivity contribution in [3.63, 3.8) is 0 Å². The van der Waals surface area contributed by atoms with E-state index in [1.54, 1.807) is 41.4 Å². The second-order valence-electron chi connectivity index (χ2n) is 7.46. The first-order valence-electron chi connectivity index (χ1n) is 10.0. The summed E-state index contributed by atoms with van der Waals surface area (Å²) in [5, 5.41) is 24.0. The Morgan fingerprint density at radius 1 is 1.16 bits per heavy atom. The molecule has 4 aromatic heterocycles. The maximum Gasteiger partial charge on any atom is 0.247 e. The molecule has 0 saturated carbocycles. The molecule has 5 aromatic rings. The third kappa shape index (κ3) is 3.38. The van der Waals surface area contributed by atoms with E-state index in [1.807, 2.05) is 26.0 Å². The van der Waals surface area contributed by atoms with Gasteiger partial charge in [0.2, 0.25) is 5.95 Å². The van der Waals surface area contributed by atoms with Crippen LogP contribution in [0.3, 0.4) is 0 Å². The monoisotopic (exact) mass is 429 g/mol. The third-order valence-corrected chi connectivity index (χ3v) is 5.50. The molecular weight excluding hydrogens is 409 g/mol. The molecule has 0 amide bonds. The van der Waals surface area contributed by atoms with E-state index in [4.69, 9.17) is 0 Å². The molecule has 0 spiro atoms. The lowest BCUT2D eigenvalue weighted by Gasteiger charge is -2.11. The lowest BCUT2D eigenvalue weighted by atomic mass is 9.96. The predicted molar refractivity (Wildman–Crippen MR) is 119 cm³/mol. The van der Waals surface area contributed by atoms with Crippen molar-refractivity contribution in [3.8, 4) is 22.3 Å². The molecule has 0 unspecified atom stereocenters. The highest BCUT2D eigenvalue weighted by atomic mass is 19.1. The zero-order chi connectivity index (χ0) is 22.2. The Morgan fingerprint density at radius 2 is 2.03 bits per heavy atom. The fraction of sp³-hybridized carbons (Fsp3) is 0.130.